The van der Waals surface area contributed by atoms with Crippen LogP contribution in [0.3, 0.4) is 0 Å². The van der Waals surface area contributed by atoms with Crippen molar-refractivity contribution in [1.82, 2.24) is 0 Å². The summed E-state index contributed by atoms with van der Waals surface area (Å²) in [6.45, 7) is 2.05. The van der Waals surface area contributed by atoms with E-state index in [0.717, 1.165) is 17.7 Å². The molecule has 0 N–H and O–H groups in total. The lowest BCUT2D eigenvalue weighted by Gasteiger charge is -2.09. The molecule has 2 aromatic carbocycles. The average Bonchev–Trinajstić information content (AvgIpc) is 2.34. The van der Waals surface area contributed by atoms with Gasteiger partial charge in [-0.05, 0) is 42.3 Å². The molecule has 0 fully saturated rings. The van der Waals surface area contributed by atoms with Gasteiger partial charge in [0.05, 0.1) is 0 Å². The largest absolute Gasteiger partial charge is 0.489 e. The van der Waals surface area contributed by atoms with Crippen LogP contribution in [0.25, 0.3) is 0 Å². The lowest BCUT2D eigenvalue weighted by molar-refractivity contribution is 0.303. The summed E-state index contributed by atoms with van der Waals surface area (Å²) >= 11 is 5.85. The summed E-state index contributed by atoms with van der Waals surface area (Å²) in [7, 11) is 0. The number of halogens is 3. The Morgan fingerprint density at radius 1 is 1.06 bits per heavy atom. The monoisotopic (exact) mass is 268 g/mol. The zero-order valence-corrected chi connectivity index (χ0v) is 10.5. The standard InChI is InChI=1S/C14H11ClF2O/c1-9-2-4-11(15)7-14(9)18-8-10-3-5-12(16)13(17)6-10/h2-7H,8H2,1H3. The van der Waals surface area contributed by atoms with Crippen LogP contribution >= 0.6 is 11.6 Å². The fourth-order valence-electron chi connectivity index (χ4n) is 1.52. The lowest BCUT2D eigenvalue weighted by Crippen LogP contribution is -1.98. The zero-order chi connectivity index (χ0) is 13.1. The molecule has 2 aromatic rings. The Labute approximate surface area is 109 Å². The normalized spacial score (nSPS) is 10.4. The van der Waals surface area contributed by atoms with Gasteiger partial charge in [0, 0.05) is 5.02 Å². The van der Waals surface area contributed by atoms with Crippen LogP contribution in [0.2, 0.25) is 5.02 Å². The van der Waals surface area contributed by atoms with Crippen molar-refractivity contribution >= 4 is 11.6 Å². The van der Waals surface area contributed by atoms with Gasteiger partial charge in [0.15, 0.2) is 11.6 Å². The summed E-state index contributed by atoms with van der Waals surface area (Å²) in [6, 6.07) is 8.98. The maximum Gasteiger partial charge on any atom is 0.159 e. The Bertz CT molecular complexity index is 570. The van der Waals surface area contributed by atoms with E-state index in [2.05, 4.69) is 0 Å². The van der Waals surface area contributed by atoms with Gasteiger partial charge in [-0.1, -0.05) is 23.7 Å². The highest BCUT2D eigenvalue weighted by atomic mass is 35.5. The molecular weight excluding hydrogens is 258 g/mol. The van der Waals surface area contributed by atoms with Gasteiger partial charge in [-0.3, -0.25) is 0 Å². The van der Waals surface area contributed by atoms with E-state index in [4.69, 9.17) is 16.3 Å². The molecule has 2 rings (SSSR count). The number of hydrogen-bond donors (Lipinski definition) is 0. The van der Waals surface area contributed by atoms with Crippen LogP contribution in [0.15, 0.2) is 36.4 Å². The van der Waals surface area contributed by atoms with Gasteiger partial charge in [0.2, 0.25) is 0 Å². The van der Waals surface area contributed by atoms with Crippen molar-refractivity contribution in [2.24, 2.45) is 0 Å². The molecule has 0 radical (unpaired) electrons. The van der Waals surface area contributed by atoms with Crippen molar-refractivity contribution in [1.29, 1.82) is 0 Å². The Hall–Kier alpha value is -1.61. The predicted octanol–water partition coefficient (Wildman–Crippen LogP) is 4.51. The lowest BCUT2D eigenvalue weighted by atomic mass is 10.2. The van der Waals surface area contributed by atoms with E-state index in [9.17, 15) is 8.78 Å². The highest BCUT2D eigenvalue weighted by molar-refractivity contribution is 6.30. The molecular formula is C14H11ClF2O. The first-order valence-corrected chi connectivity index (χ1v) is 5.77. The zero-order valence-electron chi connectivity index (χ0n) is 9.71. The molecule has 0 amide bonds. The first kappa shape index (κ1) is 12.8. The smallest absolute Gasteiger partial charge is 0.159 e. The van der Waals surface area contributed by atoms with Crippen LogP contribution in [0.4, 0.5) is 8.78 Å². The van der Waals surface area contributed by atoms with Crippen molar-refractivity contribution in [2.75, 3.05) is 0 Å². The minimum absolute atomic E-state index is 0.165. The van der Waals surface area contributed by atoms with Crippen molar-refractivity contribution in [3.63, 3.8) is 0 Å². The van der Waals surface area contributed by atoms with Crippen LogP contribution in [-0.2, 0) is 6.61 Å². The minimum Gasteiger partial charge on any atom is -0.489 e. The Morgan fingerprint density at radius 2 is 1.83 bits per heavy atom. The number of aryl methyl sites for hydroxylation is 1. The highest BCUT2D eigenvalue weighted by Gasteiger charge is 2.05. The molecule has 94 valence electrons. The second kappa shape index (κ2) is 5.36. The highest BCUT2D eigenvalue weighted by Crippen LogP contribution is 2.23. The maximum atomic E-state index is 13.0. The topological polar surface area (TPSA) is 9.23 Å². The SMILES string of the molecule is Cc1ccc(Cl)cc1OCc1ccc(F)c(F)c1. The molecule has 1 nitrogen and oxygen atoms in total. The number of ether oxygens (including phenoxy) is 1. The van der Waals surface area contributed by atoms with Gasteiger partial charge in [0.25, 0.3) is 0 Å². The number of benzene rings is 2. The van der Waals surface area contributed by atoms with Gasteiger partial charge in [-0.15, -0.1) is 0 Å². The predicted molar refractivity (Wildman–Crippen MR) is 66.9 cm³/mol. The fourth-order valence-corrected chi connectivity index (χ4v) is 1.68. The second-order valence-corrected chi connectivity index (χ2v) is 4.38. The summed E-state index contributed by atoms with van der Waals surface area (Å²) in [6.07, 6.45) is 0. The molecule has 0 saturated heterocycles. The van der Waals surface area contributed by atoms with E-state index in [0.29, 0.717) is 16.3 Å². The van der Waals surface area contributed by atoms with Gasteiger partial charge in [-0.25, -0.2) is 8.78 Å². The first-order valence-electron chi connectivity index (χ1n) is 5.39. The van der Waals surface area contributed by atoms with Gasteiger partial charge < -0.3 is 4.74 Å². The first-order chi connectivity index (χ1) is 8.56. The second-order valence-electron chi connectivity index (χ2n) is 3.95. The van der Waals surface area contributed by atoms with E-state index in [1.165, 1.54) is 6.07 Å². The molecule has 0 atom stereocenters. The Kier molecular flexibility index (Phi) is 3.82. The van der Waals surface area contributed by atoms with Gasteiger partial charge in [-0.2, -0.15) is 0 Å². The summed E-state index contributed by atoms with van der Waals surface area (Å²) in [5.41, 5.74) is 1.50. The van der Waals surface area contributed by atoms with E-state index in [1.807, 2.05) is 13.0 Å². The summed E-state index contributed by atoms with van der Waals surface area (Å²) in [5, 5.41) is 0.570. The number of rotatable bonds is 3. The Balaban J connectivity index is 2.11. The molecule has 0 aromatic heterocycles. The molecule has 0 unspecified atom stereocenters. The molecule has 0 saturated carbocycles. The Morgan fingerprint density at radius 3 is 2.56 bits per heavy atom. The van der Waals surface area contributed by atoms with Crippen LogP contribution in [-0.4, -0.2) is 0 Å². The molecule has 0 heterocycles. The van der Waals surface area contributed by atoms with Crippen molar-refractivity contribution < 1.29 is 13.5 Å². The van der Waals surface area contributed by atoms with Crippen molar-refractivity contribution in [3.05, 3.63) is 64.2 Å². The fraction of sp³-hybridized carbons (Fsp3) is 0.143. The molecule has 0 aliphatic heterocycles. The molecule has 0 aliphatic carbocycles. The van der Waals surface area contributed by atoms with Crippen LogP contribution < -0.4 is 4.74 Å². The van der Waals surface area contributed by atoms with E-state index in [-0.39, 0.29) is 6.61 Å². The van der Waals surface area contributed by atoms with Crippen LogP contribution in [0.1, 0.15) is 11.1 Å². The molecule has 0 bridgehead atoms. The molecule has 4 heteroatoms. The molecule has 0 spiro atoms. The third-order valence-corrected chi connectivity index (χ3v) is 2.76. The van der Waals surface area contributed by atoms with E-state index >= 15 is 0 Å². The third kappa shape index (κ3) is 2.99. The number of hydrogen-bond acceptors (Lipinski definition) is 1. The van der Waals surface area contributed by atoms with Crippen LogP contribution in [0, 0.1) is 18.6 Å². The van der Waals surface area contributed by atoms with Crippen molar-refractivity contribution in [3.8, 4) is 5.75 Å². The summed E-state index contributed by atoms with van der Waals surface area (Å²) in [5.74, 6) is -1.11. The average molecular weight is 269 g/mol. The molecule has 0 aliphatic rings. The van der Waals surface area contributed by atoms with Gasteiger partial charge in [0.1, 0.15) is 12.4 Å². The van der Waals surface area contributed by atoms with Crippen LogP contribution in [0.5, 0.6) is 5.75 Å². The third-order valence-electron chi connectivity index (χ3n) is 2.53. The molecule has 18 heavy (non-hydrogen) atoms. The van der Waals surface area contributed by atoms with Gasteiger partial charge >= 0.3 is 0 Å². The van der Waals surface area contributed by atoms with E-state index in [1.54, 1.807) is 12.1 Å². The minimum atomic E-state index is -0.876. The maximum absolute atomic E-state index is 13.0. The van der Waals surface area contributed by atoms with Crippen molar-refractivity contribution in [2.45, 2.75) is 13.5 Å². The summed E-state index contributed by atoms with van der Waals surface area (Å²) in [4.78, 5) is 0. The quantitative estimate of drug-likeness (QED) is 0.796. The summed E-state index contributed by atoms with van der Waals surface area (Å²) < 4.78 is 31.3. The van der Waals surface area contributed by atoms with E-state index < -0.39 is 11.6 Å².